The van der Waals surface area contributed by atoms with E-state index in [-0.39, 0.29) is 18.4 Å². The van der Waals surface area contributed by atoms with Crippen LogP contribution in [0.15, 0.2) is 48.5 Å². The number of hydrogen-bond donors (Lipinski definition) is 2. The minimum absolute atomic E-state index is 0.217. The van der Waals surface area contributed by atoms with Crippen LogP contribution < -0.4 is 10.6 Å². The Morgan fingerprint density at radius 1 is 0.894 bits per heavy atom. The zero-order valence-electron chi connectivity index (χ0n) is 29.5. The van der Waals surface area contributed by atoms with Crippen LogP contribution in [-0.2, 0) is 30.3 Å². The number of carbonyl (C=O) groups excluding carboxylic acids is 4. The van der Waals surface area contributed by atoms with Crippen molar-refractivity contribution in [1.29, 1.82) is 0 Å². The molecule has 3 unspecified atom stereocenters. The first-order chi connectivity index (χ1) is 22.0. The number of carbonyl (C=O) groups is 4. The molecular formula is C37H53N3O6S. The van der Waals surface area contributed by atoms with Gasteiger partial charge < -0.3 is 25.0 Å². The van der Waals surface area contributed by atoms with Crippen molar-refractivity contribution in [2.24, 2.45) is 0 Å². The molecule has 0 aliphatic heterocycles. The Hall–Kier alpha value is -3.53. The summed E-state index contributed by atoms with van der Waals surface area (Å²) in [7, 11) is 0. The SMILES string of the molecule is CSCCC(NC(=O)OC(C)(C)C)C(=O)N(C1CCC1)C(C(=O)NC(Cc1ccccc1)C(=O)OC(C)(C)C)c1cc(C)ccc1C. The summed E-state index contributed by atoms with van der Waals surface area (Å²) in [5.74, 6) is -0.775. The molecule has 3 atom stereocenters. The Bertz CT molecular complexity index is 1380. The second-order valence-corrected chi connectivity index (χ2v) is 15.3. The Balaban J connectivity index is 2.09. The zero-order chi connectivity index (χ0) is 34.9. The lowest BCUT2D eigenvalue weighted by Gasteiger charge is -2.44. The topological polar surface area (TPSA) is 114 Å². The van der Waals surface area contributed by atoms with E-state index in [9.17, 15) is 19.2 Å². The van der Waals surface area contributed by atoms with Crippen molar-refractivity contribution in [3.05, 3.63) is 70.8 Å². The third-order valence-corrected chi connectivity index (χ3v) is 8.51. The number of nitrogens with one attached hydrogen (secondary N) is 2. The van der Waals surface area contributed by atoms with E-state index in [1.54, 1.807) is 58.2 Å². The van der Waals surface area contributed by atoms with E-state index in [1.165, 1.54) is 0 Å². The third-order valence-electron chi connectivity index (χ3n) is 7.87. The van der Waals surface area contributed by atoms with Crippen molar-refractivity contribution < 1.29 is 28.7 Å². The molecule has 0 bridgehead atoms. The van der Waals surface area contributed by atoms with Gasteiger partial charge in [-0.25, -0.2) is 9.59 Å². The summed E-state index contributed by atoms with van der Waals surface area (Å²) < 4.78 is 11.3. The minimum Gasteiger partial charge on any atom is -0.458 e. The fourth-order valence-corrected chi connectivity index (χ4v) is 5.92. The average Bonchev–Trinajstić information content (AvgIpc) is 2.93. The van der Waals surface area contributed by atoms with E-state index < -0.39 is 47.3 Å². The largest absolute Gasteiger partial charge is 0.458 e. The number of esters is 1. The van der Waals surface area contributed by atoms with Crippen LogP contribution >= 0.6 is 11.8 Å². The molecule has 47 heavy (non-hydrogen) atoms. The summed E-state index contributed by atoms with van der Waals surface area (Å²) in [5.41, 5.74) is 1.79. The molecule has 3 rings (SSSR count). The van der Waals surface area contributed by atoms with Crippen LogP contribution in [0, 0.1) is 13.8 Å². The van der Waals surface area contributed by atoms with Gasteiger partial charge in [-0.1, -0.05) is 54.1 Å². The van der Waals surface area contributed by atoms with Crippen LogP contribution in [-0.4, -0.2) is 70.1 Å². The Kier molecular flexibility index (Phi) is 13.3. The number of thioether (sulfide) groups is 1. The highest BCUT2D eigenvalue weighted by molar-refractivity contribution is 7.98. The van der Waals surface area contributed by atoms with Gasteiger partial charge in [-0.15, -0.1) is 0 Å². The van der Waals surface area contributed by atoms with Gasteiger partial charge in [0.2, 0.25) is 11.8 Å². The van der Waals surface area contributed by atoms with Gasteiger partial charge in [-0.2, -0.15) is 11.8 Å². The molecule has 9 nitrogen and oxygen atoms in total. The number of nitrogens with zero attached hydrogens (tertiary/aromatic N) is 1. The molecule has 1 fully saturated rings. The molecule has 0 radical (unpaired) electrons. The first-order valence-corrected chi connectivity index (χ1v) is 17.8. The van der Waals surface area contributed by atoms with Gasteiger partial charge in [-0.05, 0) is 110 Å². The fraction of sp³-hybridized carbons (Fsp3) is 0.568. The number of aryl methyl sites for hydroxylation is 2. The van der Waals surface area contributed by atoms with Gasteiger partial charge in [0, 0.05) is 12.5 Å². The molecule has 0 heterocycles. The lowest BCUT2D eigenvalue weighted by Crippen LogP contribution is -2.59. The number of amides is 3. The Morgan fingerprint density at radius 2 is 1.53 bits per heavy atom. The molecule has 2 aromatic carbocycles. The molecule has 0 saturated heterocycles. The number of rotatable bonds is 13. The molecule has 1 aliphatic rings. The van der Waals surface area contributed by atoms with Crippen LogP contribution in [0.3, 0.4) is 0 Å². The molecule has 2 aromatic rings. The predicted octanol–water partition coefficient (Wildman–Crippen LogP) is 6.44. The molecule has 1 saturated carbocycles. The smallest absolute Gasteiger partial charge is 0.408 e. The van der Waals surface area contributed by atoms with Crippen molar-refractivity contribution in [2.75, 3.05) is 12.0 Å². The normalized spacial score (nSPS) is 15.4. The standard InChI is InChI=1S/C37H53N3O6S/c1-24-18-19-25(2)28(22-24)31(32(41)38-30(34(43)45-36(3,4)5)23-26-14-11-10-12-15-26)40(27-16-13-17-27)33(42)29(20-21-47-9)39-35(44)46-37(6,7)8/h10-12,14-15,18-19,22,27,29-31H,13,16-17,20-21,23H2,1-9H3,(H,38,41)(H,39,44). The molecule has 1 aliphatic carbocycles. The number of alkyl carbamates (subject to hydrolysis) is 1. The minimum atomic E-state index is -1.05. The second-order valence-electron chi connectivity index (χ2n) is 14.4. The summed E-state index contributed by atoms with van der Waals surface area (Å²) in [5, 5.41) is 5.81. The van der Waals surface area contributed by atoms with Crippen molar-refractivity contribution in [3.8, 4) is 0 Å². The van der Waals surface area contributed by atoms with Crippen molar-refractivity contribution in [3.63, 3.8) is 0 Å². The summed E-state index contributed by atoms with van der Waals surface area (Å²) in [4.78, 5) is 57.5. The van der Waals surface area contributed by atoms with Gasteiger partial charge in [0.05, 0.1) is 0 Å². The maximum absolute atomic E-state index is 14.7. The van der Waals surface area contributed by atoms with Crippen molar-refractivity contribution in [2.45, 2.75) is 123 Å². The average molecular weight is 668 g/mol. The Labute approximate surface area is 284 Å². The second kappa shape index (κ2) is 16.5. The highest BCUT2D eigenvalue weighted by atomic mass is 32.2. The number of ether oxygens (including phenoxy) is 2. The van der Waals surface area contributed by atoms with Crippen molar-refractivity contribution >= 4 is 35.6 Å². The van der Waals surface area contributed by atoms with Crippen LogP contribution in [0.25, 0.3) is 0 Å². The van der Waals surface area contributed by atoms with Crippen LogP contribution in [0.2, 0.25) is 0 Å². The quantitative estimate of drug-likeness (QED) is 0.236. The molecule has 3 amide bonds. The summed E-state index contributed by atoms with van der Waals surface area (Å²) in [6.07, 6.45) is 4.19. The van der Waals surface area contributed by atoms with Crippen LogP contribution in [0.1, 0.15) is 95.5 Å². The van der Waals surface area contributed by atoms with E-state index in [1.807, 2.05) is 68.6 Å². The monoisotopic (exact) mass is 667 g/mol. The van der Waals surface area contributed by atoms with Gasteiger partial charge in [0.15, 0.2) is 0 Å². The number of benzene rings is 2. The molecular weight excluding hydrogens is 614 g/mol. The first kappa shape index (κ1) is 37.9. The maximum Gasteiger partial charge on any atom is 0.408 e. The van der Waals surface area contributed by atoms with Crippen molar-refractivity contribution in [1.82, 2.24) is 15.5 Å². The van der Waals surface area contributed by atoms with E-state index in [4.69, 9.17) is 9.47 Å². The molecule has 0 spiro atoms. The molecule has 258 valence electrons. The van der Waals surface area contributed by atoms with E-state index >= 15 is 0 Å². The van der Waals surface area contributed by atoms with Crippen LogP contribution in [0.5, 0.6) is 0 Å². The summed E-state index contributed by atoms with van der Waals surface area (Å²) in [6, 6.07) is 12.1. The molecule has 0 aromatic heterocycles. The molecule has 2 N–H and O–H groups in total. The van der Waals surface area contributed by atoms with E-state index in [2.05, 4.69) is 10.6 Å². The van der Waals surface area contributed by atoms with E-state index in [0.29, 0.717) is 17.7 Å². The summed E-state index contributed by atoms with van der Waals surface area (Å²) in [6.45, 7) is 14.5. The fourth-order valence-electron chi connectivity index (χ4n) is 5.44. The lowest BCUT2D eigenvalue weighted by atomic mass is 9.86. The Morgan fingerprint density at radius 3 is 2.09 bits per heavy atom. The number of hydrogen-bond acceptors (Lipinski definition) is 7. The van der Waals surface area contributed by atoms with E-state index in [0.717, 1.165) is 36.0 Å². The van der Waals surface area contributed by atoms with Crippen LogP contribution in [0.4, 0.5) is 4.79 Å². The maximum atomic E-state index is 14.7. The van der Waals surface area contributed by atoms with Gasteiger partial charge in [-0.3, -0.25) is 9.59 Å². The highest BCUT2D eigenvalue weighted by Gasteiger charge is 2.43. The van der Waals surface area contributed by atoms with Gasteiger partial charge >= 0.3 is 12.1 Å². The molecule has 10 heteroatoms. The summed E-state index contributed by atoms with van der Waals surface area (Å²) >= 11 is 1.57. The zero-order valence-corrected chi connectivity index (χ0v) is 30.3. The predicted molar refractivity (Wildman–Crippen MR) is 187 cm³/mol. The third kappa shape index (κ3) is 11.6. The van der Waals surface area contributed by atoms with Gasteiger partial charge in [0.1, 0.15) is 29.3 Å². The lowest BCUT2D eigenvalue weighted by molar-refractivity contribution is -0.159. The first-order valence-electron chi connectivity index (χ1n) is 16.4. The van der Waals surface area contributed by atoms with Gasteiger partial charge in [0.25, 0.3) is 0 Å². The highest BCUT2D eigenvalue weighted by Crippen LogP contribution is 2.36.